The molecule has 0 saturated heterocycles. The first-order chi connectivity index (χ1) is 9.61. The number of nitrogens with zero attached hydrogens (tertiary/aromatic N) is 3. The zero-order valence-electron chi connectivity index (χ0n) is 10.9. The number of aromatic nitrogens is 2. The van der Waals surface area contributed by atoms with Gasteiger partial charge in [0.25, 0.3) is 10.0 Å². The third-order valence-electron chi connectivity index (χ3n) is 2.75. The summed E-state index contributed by atoms with van der Waals surface area (Å²) in [4.78, 5) is 7.77. The van der Waals surface area contributed by atoms with Crippen LogP contribution in [-0.4, -0.2) is 24.9 Å². The quantitative estimate of drug-likeness (QED) is 0.629. The van der Waals surface area contributed by atoms with Gasteiger partial charge in [0.2, 0.25) is 0 Å². The highest BCUT2D eigenvalue weighted by molar-refractivity contribution is 7.93. The smallest absolute Gasteiger partial charge is 0.267 e. The SMILES string of the molecule is CCN(c1ccncc1)S(=O)(=O)c1cnccc1NN. The number of nitrogen functional groups attached to an aromatic ring is 1. The number of hydrogen-bond donors (Lipinski definition) is 2. The maximum Gasteiger partial charge on any atom is 0.267 e. The molecule has 7 nitrogen and oxygen atoms in total. The lowest BCUT2D eigenvalue weighted by molar-refractivity contribution is 0.591. The molecule has 0 unspecified atom stereocenters. The fourth-order valence-electron chi connectivity index (χ4n) is 1.83. The highest BCUT2D eigenvalue weighted by Gasteiger charge is 2.26. The fourth-order valence-corrected chi connectivity index (χ4v) is 3.40. The zero-order valence-corrected chi connectivity index (χ0v) is 11.7. The number of sulfonamides is 1. The second-order valence-corrected chi connectivity index (χ2v) is 5.72. The van der Waals surface area contributed by atoms with Crippen LogP contribution in [-0.2, 0) is 10.0 Å². The molecule has 0 aliphatic heterocycles. The maximum absolute atomic E-state index is 12.7. The Balaban J connectivity index is 2.53. The molecule has 3 N–H and O–H groups in total. The minimum absolute atomic E-state index is 0.0289. The van der Waals surface area contributed by atoms with Crippen molar-refractivity contribution in [2.24, 2.45) is 5.84 Å². The van der Waals surface area contributed by atoms with Crippen LogP contribution in [0.4, 0.5) is 11.4 Å². The van der Waals surface area contributed by atoms with Crippen molar-refractivity contribution in [1.29, 1.82) is 0 Å². The van der Waals surface area contributed by atoms with Crippen molar-refractivity contribution in [3.8, 4) is 0 Å². The van der Waals surface area contributed by atoms with Gasteiger partial charge in [0, 0.05) is 31.3 Å². The molecular weight excluding hydrogens is 278 g/mol. The van der Waals surface area contributed by atoms with Crippen LogP contribution in [0.2, 0.25) is 0 Å². The fraction of sp³-hybridized carbons (Fsp3) is 0.167. The van der Waals surface area contributed by atoms with Crippen LogP contribution in [0.3, 0.4) is 0 Å². The first-order valence-electron chi connectivity index (χ1n) is 5.94. The Bertz CT molecular complexity index is 675. The van der Waals surface area contributed by atoms with E-state index in [-0.39, 0.29) is 11.4 Å². The standard InChI is InChI=1S/C12H15N5O2S/c1-2-17(10-3-6-14-7-4-10)20(18,19)12-9-15-8-5-11(12)16-13/h3-9H,2,13H2,1H3,(H,15,16). The number of nitrogens with one attached hydrogen (secondary N) is 1. The van der Waals surface area contributed by atoms with Crippen LogP contribution in [0.1, 0.15) is 6.92 Å². The summed E-state index contributed by atoms with van der Waals surface area (Å²) in [6, 6.07) is 4.77. The van der Waals surface area contributed by atoms with Gasteiger partial charge in [-0.2, -0.15) is 0 Å². The molecule has 0 fully saturated rings. The Hall–Kier alpha value is -2.19. The summed E-state index contributed by atoms with van der Waals surface area (Å²) in [5.41, 5.74) is 3.21. The largest absolute Gasteiger partial charge is 0.323 e. The molecule has 106 valence electrons. The van der Waals surface area contributed by atoms with Crippen LogP contribution in [0.5, 0.6) is 0 Å². The lowest BCUT2D eigenvalue weighted by Gasteiger charge is -2.23. The topological polar surface area (TPSA) is 101 Å². The second-order valence-electron chi connectivity index (χ2n) is 3.89. The van der Waals surface area contributed by atoms with Crippen LogP contribution < -0.4 is 15.6 Å². The molecule has 0 aromatic carbocycles. The average Bonchev–Trinajstić information content (AvgIpc) is 2.48. The van der Waals surface area contributed by atoms with Crippen molar-refractivity contribution in [2.45, 2.75) is 11.8 Å². The van der Waals surface area contributed by atoms with E-state index in [2.05, 4.69) is 15.4 Å². The van der Waals surface area contributed by atoms with Gasteiger partial charge in [-0.25, -0.2) is 8.42 Å². The monoisotopic (exact) mass is 293 g/mol. The lowest BCUT2D eigenvalue weighted by Crippen LogP contribution is -2.31. The van der Waals surface area contributed by atoms with E-state index in [4.69, 9.17) is 5.84 Å². The van der Waals surface area contributed by atoms with Crippen LogP contribution >= 0.6 is 0 Å². The van der Waals surface area contributed by atoms with E-state index in [1.807, 2.05) is 0 Å². The van der Waals surface area contributed by atoms with Gasteiger partial charge in [-0.1, -0.05) is 0 Å². The van der Waals surface area contributed by atoms with Gasteiger partial charge in [0.05, 0.1) is 11.4 Å². The number of hydrogen-bond acceptors (Lipinski definition) is 6. The Morgan fingerprint density at radius 3 is 2.45 bits per heavy atom. The van der Waals surface area contributed by atoms with Crippen molar-refractivity contribution < 1.29 is 8.42 Å². The van der Waals surface area contributed by atoms with Gasteiger partial charge in [-0.15, -0.1) is 0 Å². The Labute approximate surface area is 117 Å². The van der Waals surface area contributed by atoms with Gasteiger partial charge in [-0.05, 0) is 25.1 Å². The molecule has 0 aliphatic carbocycles. The van der Waals surface area contributed by atoms with E-state index in [0.717, 1.165) is 0 Å². The zero-order chi connectivity index (χ0) is 14.6. The number of pyridine rings is 2. The van der Waals surface area contributed by atoms with Gasteiger partial charge in [-0.3, -0.25) is 20.1 Å². The van der Waals surface area contributed by atoms with Gasteiger partial charge < -0.3 is 5.43 Å². The van der Waals surface area contributed by atoms with Crippen molar-refractivity contribution in [3.63, 3.8) is 0 Å². The molecule has 0 aliphatic rings. The highest BCUT2D eigenvalue weighted by Crippen LogP contribution is 2.26. The van der Waals surface area contributed by atoms with Gasteiger partial charge in [0.15, 0.2) is 0 Å². The molecule has 8 heteroatoms. The third-order valence-corrected chi connectivity index (χ3v) is 4.68. The van der Waals surface area contributed by atoms with E-state index in [0.29, 0.717) is 11.4 Å². The molecule has 0 atom stereocenters. The van der Waals surface area contributed by atoms with Crippen LogP contribution in [0.15, 0.2) is 47.9 Å². The number of anilines is 2. The summed E-state index contributed by atoms with van der Waals surface area (Å²) in [5.74, 6) is 5.36. The molecule has 0 saturated carbocycles. The summed E-state index contributed by atoms with van der Waals surface area (Å²) in [7, 11) is -3.75. The molecule has 0 radical (unpaired) electrons. The molecule has 0 amide bonds. The Morgan fingerprint density at radius 1 is 1.20 bits per heavy atom. The molecule has 0 bridgehead atoms. The van der Waals surface area contributed by atoms with Crippen molar-refractivity contribution in [3.05, 3.63) is 43.0 Å². The van der Waals surface area contributed by atoms with Gasteiger partial charge >= 0.3 is 0 Å². The van der Waals surface area contributed by atoms with Crippen LogP contribution in [0, 0.1) is 0 Å². The molecule has 0 spiro atoms. The molecular formula is C12H15N5O2S. The first-order valence-corrected chi connectivity index (χ1v) is 7.38. The first kappa shape index (κ1) is 14.2. The second kappa shape index (κ2) is 5.85. The molecule has 2 aromatic rings. The summed E-state index contributed by atoms with van der Waals surface area (Å²) in [6.45, 7) is 2.04. The van der Waals surface area contributed by atoms with Crippen LogP contribution in [0.25, 0.3) is 0 Å². The molecule has 2 aromatic heterocycles. The number of hydrazine groups is 1. The average molecular weight is 293 g/mol. The molecule has 20 heavy (non-hydrogen) atoms. The van der Waals surface area contributed by atoms with E-state index >= 15 is 0 Å². The minimum atomic E-state index is -3.75. The Kier molecular flexibility index (Phi) is 4.16. The lowest BCUT2D eigenvalue weighted by atomic mass is 10.4. The summed E-state index contributed by atoms with van der Waals surface area (Å²) >= 11 is 0. The van der Waals surface area contributed by atoms with E-state index in [9.17, 15) is 8.42 Å². The van der Waals surface area contributed by atoms with Gasteiger partial charge in [0.1, 0.15) is 4.90 Å². The molecule has 2 heterocycles. The number of rotatable bonds is 5. The number of nitrogens with two attached hydrogens (primary N) is 1. The predicted molar refractivity (Wildman–Crippen MR) is 76.5 cm³/mol. The normalized spacial score (nSPS) is 11.1. The summed E-state index contributed by atoms with van der Waals surface area (Å²) in [5, 5.41) is 0. The molecule has 2 rings (SSSR count). The summed E-state index contributed by atoms with van der Waals surface area (Å²) < 4.78 is 26.7. The predicted octanol–water partition coefficient (Wildman–Crippen LogP) is 0.977. The van der Waals surface area contributed by atoms with E-state index < -0.39 is 10.0 Å². The third kappa shape index (κ3) is 2.56. The van der Waals surface area contributed by atoms with Crippen molar-refractivity contribution in [2.75, 3.05) is 16.3 Å². The van der Waals surface area contributed by atoms with E-state index in [1.165, 1.54) is 22.8 Å². The van der Waals surface area contributed by atoms with E-state index in [1.54, 1.807) is 31.5 Å². The highest BCUT2D eigenvalue weighted by atomic mass is 32.2. The maximum atomic E-state index is 12.7. The van der Waals surface area contributed by atoms with Crippen molar-refractivity contribution in [1.82, 2.24) is 9.97 Å². The summed E-state index contributed by atoms with van der Waals surface area (Å²) in [6.07, 6.45) is 5.82. The minimum Gasteiger partial charge on any atom is -0.323 e. The Morgan fingerprint density at radius 2 is 1.85 bits per heavy atom. The van der Waals surface area contributed by atoms with Crippen molar-refractivity contribution >= 4 is 21.4 Å².